The first kappa shape index (κ1) is 14.6. The van der Waals surface area contributed by atoms with Gasteiger partial charge in [0.05, 0.1) is 6.61 Å². The zero-order chi connectivity index (χ0) is 14.6. The van der Waals surface area contributed by atoms with Gasteiger partial charge in [0.2, 0.25) is 0 Å². The van der Waals surface area contributed by atoms with E-state index in [0.717, 1.165) is 12.1 Å². The van der Waals surface area contributed by atoms with Gasteiger partial charge < -0.3 is 14.6 Å². The van der Waals surface area contributed by atoms with Crippen molar-refractivity contribution in [3.63, 3.8) is 0 Å². The summed E-state index contributed by atoms with van der Waals surface area (Å²) in [6, 6.07) is 2.99. The molecular weight excluding hydrogens is 267 g/mol. The highest BCUT2D eigenvalue weighted by Gasteiger charge is 2.33. The maximum absolute atomic E-state index is 12.1. The van der Waals surface area contributed by atoms with Gasteiger partial charge in [-0.25, -0.2) is 4.79 Å². The molecular formula is C11H8F3NO4. The van der Waals surface area contributed by atoms with Crippen LogP contribution in [0.3, 0.4) is 0 Å². The van der Waals surface area contributed by atoms with Crippen molar-refractivity contribution >= 4 is 5.97 Å². The van der Waals surface area contributed by atoms with Crippen molar-refractivity contribution in [2.45, 2.75) is 13.3 Å². The molecule has 1 aromatic carbocycles. The van der Waals surface area contributed by atoms with Crippen LogP contribution >= 0.6 is 0 Å². The summed E-state index contributed by atoms with van der Waals surface area (Å²) in [6.07, 6.45) is -5.01. The van der Waals surface area contributed by atoms with Crippen molar-refractivity contribution in [3.8, 4) is 17.6 Å². The van der Waals surface area contributed by atoms with E-state index in [2.05, 4.69) is 9.47 Å². The number of ether oxygens (including phenoxy) is 2. The lowest BCUT2D eigenvalue weighted by atomic mass is 10.1. The number of halogens is 3. The van der Waals surface area contributed by atoms with Gasteiger partial charge in [-0.1, -0.05) is 0 Å². The Morgan fingerprint density at radius 2 is 2.11 bits per heavy atom. The van der Waals surface area contributed by atoms with Crippen molar-refractivity contribution in [1.29, 1.82) is 5.26 Å². The fourth-order valence-electron chi connectivity index (χ4n) is 1.26. The lowest BCUT2D eigenvalue weighted by molar-refractivity contribution is -0.274. The minimum Gasteiger partial charge on any atom is -0.506 e. The highest BCUT2D eigenvalue weighted by molar-refractivity contribution is 5.93. The Morgan fingerprint density at radius 3 is 2.58 bits per heavy atom. The van der Waals surface area contributed by atoms with Crippen molar-refractivity contribution in [1.82, 2.24) is 0 Å². The summed E-state index contributed by atoms with van der Waals surface area (Å²) in [7, 11) is 0. The standard InChI is InChI=1S/C11H8F3NO4/c1-2-18-10(17)6-3-4-8(19-11(12,13)14)7(5-15)9(6)16/h3-4,16H,2H2,1H3. The molecule has 0 aromatic heterocycles. The number of phenolic OH excluding ortho intramolecular Hbond substituents is 1. The summed E-state index contributed by atoms with van der Waals surface area (Å²) in [5.74, 6) is -2.75. The second-order valence-corrected chi connectivity index (χ2v) is 3.21. The van der Waals surface area contributed by atoms with E-state index in [1.165, 1.54) is 13.0 Å². The Bertz CT molecular complexity index is 534. The molecule has 0 aliphatic carbocycles. The predicted octanol–water partition coefficient (Wildman–Crippen LogP) is 2.34. The van der Waals surface area contributed by atoms with Crippen molar-refractivity contribution < 1.29 is 32.5 Å². The van der Waals surface area contributed by atoms with Gasteiger partial charge in [0, 0.05) is 0 Å². The third-order valence-corrected chi connectivity index (χ3v) is 1.97. The van der Waals surface area contributed by atoms with Crippen LogP contribution in [-0.4, -0.2) is 24.0 Å². The number of esters is 1. The van der Waals surface area contributed by atoms with Crippen LogP contribution < -0.4 is 4.74 Å². The smallest absolute Gasteiger partial charge is 0.506 e. The van der Waals surface area contributed by atoms with Gasteiger partial charge in [0.15, 0.2) is 11.5 Å². The molecule has 0 saturated carbocycles. The normalized spacial score (nSPS) is 10.7. The Hall–Kier alpha value is -2.43. The fourth-order valence-corrected chi connectivity index (χ4v) is 1.26. The molecule has 0 spiro atoms. The predicted molar refractivity (Wildman–Crippen MR) is 55.5 cm³/mol. The number of nitriles is 1. The van der Waals surface area contributed by atoms with Crippen LogP contribution in [0.15, 0.2) is 12.1 Å². The van der Waals surface area contributed by atoms with Crippen LogP contribution in [0.5, 0.6) is 11.5 Å². The second-order valence-electron chi connectivity index (χ2n) is 3.21. The maximum atomic E-state index is 12.1. The molecule has 1 rings (SSSR count). The van der Waals surface area contributed by atoms with E-state index in [0.29, 0.717) is 0 Å². The highest BCUT2D eigenvalue weighted by Crippen LogP contribution is 2.34. The lowest BCUT2D eigenvalue weighted by Crippen LogP contribution is -2.18. The van der Waals surface area contributed by atoms with Crippen molar-refractivity contribution in [2.24, 2.45) is 0 Å². The van der Waals surface area contributed by atoms with Crippen LogP contribution in [0.25, 0.3) is 0 Å². The topological polar surface area (TPSA) is 79.5 Å². The number of nitrogens with zero attached hydrogens (tertiary/aromatic N) is 1. The average molecular weight is 275 g/mol. The van der Waals surface area contributed by atoms with Crippen LogP contribution in [-0.2, 0) is 4.74 Å². The van der Waals surface area contributed by atoms with Crippen LogP contribution in [0.4, 0.5) is 13.2 Å². The Labute approximate surface area is 105 Å². The number of alkyl halides is 3. The summed E-state index contributed by atoms with van der Waals surface area (Å²) in [6.45, 7) is 1.53. The molecule has 0 saturated heterocycles. The average Bonchev–Trinajstić information content (AvgIpc) is 2.27. The van der Waals surface area contributed by atoms with Gasteiger partial charge in [0.1, 0.15) is 17.2 Å². The van der Waals surface area contributed by atoms with E-state index in [4.69, 9.17) is 5.26 Å². The van der Waals surface area contributed by atoms with E-state index < -0.39 is 35.0 Å². The van der Waals surface area contributed by atoms with E-state index in [1.54, 1.807) is 0 Å². The summed E-state index contributed by atoms with van der Waals surface area (Å²) in [5, 5.41) is 18.3. The molecule has 1 aromatic rings. The molecule has 0 atom stereocenters. The number of aromatic hydroxyl groups is 1. The molecule has 0 bridgehead atoms. The van der Waals surface area contributed by atoms with E-state index >= 15 is 0 Å². The molecule has 0 aliphatic rings. The third kappa shape index (κ3) is 3.51. The molecule has 1 N–H and O–H groups in total. The van der Waals surface area contributed by atoms with Crippen molar-refractivity contribution in [2.75, 3.05) is 6.61 Å². The molecule has 0 unspecified atom stereocenters. The molecule has 0 aliphatic heterocycles. The lowest BCUT2D eigenvalue weighted by Gasteiger charge is -2.12. The molecule has 0 amide bonds. The first-order chi connectivity index (χ1) is 8.80. The van der Waals surface area contributed by atoms with E-state index in [9.17, 15) is 23.1 Å². The Morgan fingerprint density at radius 1 is 1.47 bits per heavy atom. The van der Waals surface area contributed by atoms with Gasteiger partial charge >= 0.3 is 12.3 Å². The number of carbonyl (C=O) groups excluding carboxylic acids is 1. The first-order valence-corrected chi connectivity index (χ1v) is 4.99. The zero-order valence-corrected chi connectivity index (χ0v) is 9.61. The monoisotopic (exact) mass is 275 g/mol. The van der Waals surface area contributed by atoms with Gasteiger partial charge in [-0.15, -0.1) is 13.2 Å². The molecule has 8 heteroatoms. The molecule has 102 valence electrons. The molecule has 19 heavy (non-hydrogen) atoms. The quantitative estimate of drug-likeness (QED) is 0.856. The van der Waals surface area contributed by atoms with Crippen molar-refractivity contribution in [3.05, 3.63) is 23.3 Å². The minimum absolute atomic E-state index is 0.0148. The number of benzene rings is 1. The molecule has 5 nitrogen and oxygen atoms in total. The van der Waals surface area contributed by atoms with Gasteiger partial charge in [-0.05, 0) is 19.1 Å². The summed E-state index contributed by atoms with van der Waals surface area (Å²) in [5.41, 5.74) is -1.20. The Kier molecular flexibility index (Phi) is 4.22. The summed E-state index contributed by atoms with van der Waals surface area (Å²) in [4.78, 5) is 11.4. The summed E-state index contributed by atoms with van der Waals surface area (Å²) < 4.78 is 44.3. The number of carbonyl (C=O) groups is 1. The fraction of sp³-hybridized carbons (Fsp3) is 0.273. The number of rotatable bonds is 3. The zero-order valence-electron chi connectivity index (χ0n) is 9.61. The molecule has 0 radical (unpaired) electrons. The van der Waals surface area contributed by atoms with Crippen LogP contribution in [0, 0.1) is 11.3 Å². The molecule has 0 fully saturated rings. The van der Waals surface area contributed by atoms with E-state index in [-0.39, 0.29) is 6.61 Å². The number of hydrogen-bond acceptors (Lipinski definition) is 5. The van der Waals surface area contributed by atoms with E-state index in [1.807, 2.05) is 0 Å². The molecule has 0 heterocycles. The Balaban J connectivity index is 3.24. The van der Waals surface area contributed by atoms with Gasteiger partial charge in [-0.3, -0.25) is 0 Å². The first-order valence-electron chi connectivity index (χ1n) is 4.99. The van der Waals surface area contributed by atoms with Gasteiger partial charge in [-0.2, -0.15) is 5.26 Å². The SMILES string of the molecule is CCOC(=O)c1ccc(OC(F)(F)F)c(C#N)c1O. The largest absolute Gasteiger partial charge is 0.573 e. The van der Waals surface area contributed by atoms with Gasteiger partial charge in [0.25, 0.3) is 0 Å². The highest BCUT2D eigenvalue weighted by atomic mass is 19.4. The van der Waals surface area contributed by atoms with Crippen LogP contribution in [0.2, 0.25) is 0 Å². The maximum Gasteiger partial charge on any atom is 0.573 e. The summed E-state index contributed by atoms with van der Waals surface area (Å²) >= 11 is 0. The minimum atomic E-state index is -5.01. The van der Waals surface area contributed by atoms with Crippen LogP contribution in [0.1, 0.15) is 22.8 Å². The second kappa shape index (κ2) is 5.48. The number of phenols is 1. The number of hydrogen-bond donors (Lipinski definition) is 1. The third-order valence-electron chi connectivity index (χ3n) is 1.97.